The van der Waals surface area contributed by atoms with Crippen molar-refractivity contribution in [3.63, 3.8) is 0 Å². The van der Waals surface area contributed by atoms with Crippen LogP contribution >= 0.6 is 11.6 Å². The molecule has 1 amide bonds. The molecular formula is C24H25ClN2O. The van der Waals surface area contributed by atoms with Crippen molar-refractivity contribution in [1.82, 2.24) is 9.88 Å². The number of fused-ring (bicyclic) bond motifs is 2. The Bertz CT molecular complexity index is 951. The minimum absolute atomic E-state index is 0.345. The topological polar surface area (TPSA) is 33.2 Å². The third kappa shape index (κ3) is 3.48. The van der Waals surface area contributed by atoms with Crippen molar-refractivity contribution in [3.05, 3.63) is 69.5 Å². The monoisotopic (exact) mass is 392 g/mol. The van der Waals surface area contributed by atoms with Crippen LogP contribution < -0.4 is 0 Å². The lowest BCUT2D eigenvalue weighted by atomic mass is 9.88. The van der Waals surface area contributed by atoms with Gasteiger partial charge in [0.25, 0.3) is 0 Å². The summed E-state index contributed by atoms with van der Waals surface area (Å²) >= 11 is 6.30. The van der Waals surface area contributed by atoms with Crippen molar-refractivity contribution in [2.24, 2.45) is 5.92 Å². The first-order valence-corrected chi connectivity index (χ1v) is 10.8. The number of carbonyl (C=O) groups is 1. The molecule has 2 aliphatic carbocycles. The lowest BCUT2D eigenvalue weighted by molar-refractivity contribution is -0.132. The highest BCUT2D eigenvalue weighted by atomic mass is 35.5. The normalized spacial score (nSPS) is 19.1. The van der Waals surface area contributed by atoms with Crippen LogP contribution in [0.2, 0.25) is 5.02 Å². The number of amides is 1. The molecule has 2 fully saturated rings. The van der Waals surface area contributed by atoms with Crippen molar-refractivity contribution in [3.8, 4) is 0 Å². The van der Waals surface area contributed by atoms with Crippen LogP contribution in [0.15, 0.2) is 42.1 Å². The molecule has 5 rings (SSSR count). The van der Waals surface area contributed by atoms with Crippen LogP contribution in [0.25, 0.3) is 5.57 Å². The number of nitrogens with zero attached hydrogens (tertiary/aromatic N) is 2. The van der Waals surface area contributed by atoms with Gasteiger partial charge in [-0.3, -0.25) is 9.78 Å². The molecule has 0 radical (unpaired) electrons. The lowest BCUT2D eigenvalue weighted by Gasteiger charge is -2.30. The third-order valence-corrected chi connectivity index (χ3v) is 6.60. The Balaban J connectivity index is 1.50. The molecule has 2 heterocycles. The summed E-state index contributed by atoms with van der Waals surface area (Å²) in [5.74, 6) is 1.000. The van der Waals surface area contributed by atoms with Gasteiger partial charge in [0.1, 0.15) is 0 Å². The van der Waals surface area contributed by atoms with E-state index in [1.165, 1.54) is 40.7 Å². The second-order valence-corrected chi connectivity index (χ2v) is 8.76. The molecule has 0 N–H and O–H groups in total. The summed E-state index contributed by atoms with van der Waals surface area (Å²) in [6.07, 6.45) is 8.95. The standard InChI is InChI=1S/C24H25ClN2O/c25-20-7-8-21-19(15-20)6-5-18-2-1-11-26-24(18)23(21)17-9-12-27(13-10-17)22(28)14-16-3-4-16/h1-2,7-8,11,15-16H,3-6,9-10,12-14H2. The van der Waals surface area contributed by atoms with Gasteiger partial charge in [0.2, 0.25) is 5.91 Å². The SMILES string of the molecule is O=C(CC1CC1)N1CCC(=C2c3ccc(Cl)cc3CCc3cccnc32)CC1. The molecular weight excluding hydrogens is 368 g/mol. The van der Waals surface area contributed by atoms with Crippen LogP contribution in [-0.2, 0) is 17.6 Å². The van der Waals surface area contributed by atoms with Gasteiger partial charge in [-0.05, 0) is 79.3 Å². The summed E-state index contributed by atoms with van der Waals surface area (Å²) in [5.41, 5.74) is 7.73. The van der Waals surface area contributed by atoms with Gasteiger partial charge in [-0.15, -0.1) is 0 Å². The highest BCUT2D eigenvalue weighted by molar-refractivity contribution is 6.30. The van der Waals surface area contributed by atoms with Crippen molar-refractivity contribution >= 4 is 23.1 Å². The zero-order valence-corrected chi connectivity index (χ0v) is 16.8. The van der Waals surface area contributed by atoms with Gasteiger partial charge >= 0.3 is 0 Å². The van der Waals surface area contributed by atoms with E-state index in [0.717, 1.165) is 55.9 Å². The maximum atomic E-state index is 12.5. The molecule has 0 atom stereocenters. The van der Waals surface area contributed by atoms with Crippen LogP contribution in [0.4, 0.5) is 0 Å². The van der Waals surface area contributed by atoms with Crippen molar-refractivity contribution in [2.75, 3.05) is 13.1 Å². The fourth-order valence-corrected chi connectivity index (χ4v) is 4.80. The van der Waals surface area contributed by atoms with Gasteiger partial charge in [-0.2, -0.15) is 0 Å². The molecule has 1 aromatic carbocycles. The van der Waals surface area contributed by atoms with Crippen molar-refractivity contribution < 1.29 is 4.79 Å². The van der Waals surface area contributed by atoms with Gasteiger partial charge in [-0.1, -0.05) is 29.3 Å². The number of aryl methyl sites for hydroxylation is 2. The van der Waals surface area contributed by atoms with Crippen LogP contribution in [0.5, 0.6) is 0 Å². The second kappa shape index (κ2) is 7.36. The molecule has 3 aliphatic rings. The Hall–Kier alpha value is -2.13. The molecule has 1 aromatic heterocycles. The number of pyridine rings is 1. The maximum Gasteiger partial charge on any atom is 0.222 e. The van der Waals surface area contributed by atoms with E-state index in [9.17, 15) is 4.79 Å². The molecule has 0 unspecified atom stereocenters. The van der Waals surface area contributed by atoms with E-state index in [0.29, 0.717) is 11.8 Å². The number of carbonyl (C=O) groups excluding carboxylic acids is 1. The van der Waals surface area contributed by atoms with Crippen LogP contribution in [0.1, 0.15) is 54.5 Å². The van der Waals surface area contributed by atoms with Crippen LogP contribution in [0.3, 0.4) is 0 Å². The Labute approximate surface area is 171 Å². The van der Waals surface area contributed by atoms with E-state index in [2.05, 4.69) is 23.1 Å². The predicted octanol–water partition coefficient (Wildman–Crippen LogP) is 5.06. The molecule has 1 saturated heterocycles. The number of benzene rings is 1. The van der Waals surface area contributed by atoms with Gasteiger partial charge in [0, 0.05) is 36.3 Å². The van der Waals surface area contributed by atoms with E-state index in [1.54, 1.807) is 0 Å². The maximum absolute atomic E-state index is 12.5. The van der Waals surface area contributed by atoms with E-state index in [1.807, 2.05) is 18.3 Å². The number of likely N-dealkylation sites (tertiary alicyclic amines) is 1. The number of hydrogen-bond acceptors (Lipinski definition) is 2. The van der Waals surface area contributed by atoms with Crippen molar-refractivity contribution in [1.29, 1.82) is 0 Å². The van der Waals surface area contributed by atoms with Gasteiger partial charge in [0.05, 0.1) is 5.69 Å². The molecule has 0 bridgehead atoms. The highest BCUT2D eigenvalue weighted by Crippen LogP contribution is 2.39. The fraction of sp³-hybridized carbons (Fsp3) is 0.417. The quantitative estimate of drug-likeness (QED) is 0.715. The van der Waals surface area contributed by atoms with E-state index in [4.69, 9.17) is 16.6 Å². The van der Waals surface area contributed by atoms with Crippen LogP contribution in [-0.4, -0.2) is 28.9 Å². The first-order chi connectivity index (χ1) is 13.7. The van der Waals surface area contributed by atoms with E-state index < -0.39 is 0 Å². The molecule has 28 heavy (non-hydrogen) atoms. The first-order valence-electron chi connectivity index (χ1n) is 10.4. The summed E-state index contributed by atoms with van der Waals surface area (Å²) < 4.78 is 0. The first kappa shape index (κ1) is 17.9. The summed E-state index contributed by atoms with van der Waals surface area (Å²) in [6.45, 7) is 1.66. The van der Waals surface area contributed by atoms with E-state index in [-0.39, 0.29) is 0 Å². The average Bonchev–Trinajstić information content (AvgIpc) is 3.54. The Morgan fingerprint density at radius 2 is 1.86 bits per heavy atom. The second-order valence-electron chi connectivity index (χ2n) is 8.32. The molecule has 0 spiro atoms. The fourth-order valence-electron chi connectivity index (χ4n) is 4.61. The van der Waals surface area contributed by atoms with Gasteiger partial charge in [-0.25, -0.2) is 0 Å². The molecule has 3 nitrogen and oxygen atoms in total. The number of piperidine rings is 1. The largest absolute Gasteiger partial charge is 0.342 e. The Kier molecular flexibility index (Phi) is 4.72. The minimum atomic E-state index is 0.345. The number of aromatic nitrogens is 1. The predicted molar refractivity (Wildman–Crippen MR) is 112 cm³/mol. The lowest BCUT2D eigenvalue weighted by Crippen LogP contribution is -2.36. The summed E-state index contributed by atoms with van der Waals surface area (Å²) in [4.78, 5) is 19.4. The zero-order chi connectivity index (χ0) is 19.1. The zero-order valence-electron chi connectivity index (χ0n) is 16.1. The molecule has 4 heteroatoms. The van der Waals surface area contributed by atoms with Crippen molar-refractivity contribution in [2.45, 2.75) is 44.9 Å². The summed E-state index contributed by atoms with van der Waals surface area (Å²) in [7, 11) is 0. The third-order valence-electron chi connectivity index (χ3n) is 6.36. The Morgan fingerprint density at radius 1 is 1.07 bits per heavy atom. The molecule has 1 aliphatic heterocycles. The summed E-state index contributed by atoms with van der Waals surface area (Å²) in [6, 6.07) is 10.5. The van der Waals surface area contributed by atoms with Crippen LogP contribution in [0, 0.1) is 5.92 Å². The van der Waals surface area contributed by atoms with E-state index >= 15 is 0 Å². The molecule has 144 valence electrons. The number of rotatable bonds is 2. The number of hydrogen-bond donors (Lipinski definition) is 0. The summed E-state index contributed by atoms with van der Waals surface area (Å²) in [5, 5.41) is 0.794. The smallest absolute Gasteiger partial charge is 0.222 e. The minimum Gasteiger partial charge on any atom is -0.342 e. The average molecular weight is 393 g/mol. The molecule has 2 aromatic rings. The van der Waals surface area contributed by atoms with Gasteiger partial charge in [0.15, 0.2) is 0 Å². The van der Waals surface area contributed by atoms with Gasteiger partial charge < -0.3 is 4.90 Å². The number of halogens is 1. The highest BCUT2D eigenvalue weighted by Gasteiger charge is 2.30. The Morgan fingerprint density at radius 3 is 2.64 bits per heavy atom. The molecule has 1 saturated carbocycles.